The lowest BCUT2D eigenvalue weighted by molar-refractivity contribution is 0.378. The molecule has 5 nitrogen and oxygen atoms in total. The minimum atomic E-state index is -0.480. The van der Waals surface area contributed by atoms with Crippen molar-refractivity contribution in [3.05, 3.63) is 56.8 Å². The zero-order valence-corrected chi connectivity index (χ0v) is 15.0. The van der Waals surface area contributed by atoms with Crippen molar-refractivity contribution in [3.8, 4) is 11.9 Å². The van der Waals surface area contributed by atoms with Crippen LogP contribution < -0.4 is 10.5 Å². The number of aromatic nitrogens is 2. The average molecular weight is 363 g/mol. The number of fused-ring (bicyclic) bond motifs is 1. The first-order valence-corrected chi connectivity index (χ1v) is 8.11. The third-order valence-electron chi connectivity index (χ3n) is 3.85. The SMILES string of the molecule is CC(C)(C)c1nc2c([nH]1)C(c1ccc(Cl)cc1Cl)C(C#N)=C(N)O2. The van der Waals surface area contributed by atoms with E-state index < -0.39 is 5.92 Å². The lowest BCUT2D eigenvalue weighted by Crippen LogP contribution is -2.21. The molecular formula is C17H16Cl2N4O. The first kappa shape index (κ1) is 16.7. The summed E-state index contributed by atoms with van der Waals surface area (Å²) in [5.41, 5.74) is 7.40. The number of halogens is 2. The highest BCUT2D eigenvalue weighted by Gasteiger charge is 2.36. The molecule has 1 aliphatic heterocycles. The Labute approximate surface area is 150 Å². The molecule has 0 saturated heterocycles. The van der Waals surface area contributed by atoms with Gasteiger partial charge >= 0.3 is 0 Å². The molecule has 1 unspecified atom stereocenters. The number of nitrogens with one attached hydrogen (secondary N) is 1. The summed E-state index contributed by atoms with van der Waals surface area (Å²) in [5.74, 6) is 0.669. The largest absolute Gasteiger partial charge is 0.420 e. The number of hydrogen-bond acceptors (Lipinski definition) is 4. The Morgan fingerprint density at radius 1 is 1.33 bits per heavy atom. The molecule has 0 saturated carbocycles. The molecule has 0 bridgehead atoms. The fraction of sp³-hybridized carbons (Fsp3) is 0.294. The number of rotatable bonds is 1. The summed E-state index contributed by atoms with van der Waals surface area (Å²) >= 11 is 12.4. The van der Waals surface area contributed by atoms with E-state index in [1.54, 1.807) is 18.2 Å². The van der Waals surface area contributed by atoms with E-state index in [2.05, 4.69) is 16.0 Å². The summed E-state index contributed by atoms with van der Waals surface area (Å²) in [6, 6.07) is 7.27. The summed E-state index contributed by atoms with van der Waals surface area (Å²) in [6.07, 6.45) is 0. The van der Waals surface area contributed by atoms with Gasteiger partial charge in [-0.2, -0.15) is 10.2 Å². The molecule has 0 radical (unpaired) electrons. The molecule has 2 heterocycles. The van der Waals surface area contributed by atoms with Gasteiger partial charge in [0.25, 0.3) is 0 Å². The van der Waals surface area contributed by atoms with Crippen molar-refractivity contribution < 1.29 is 4.74 Å². The molecule has 0 amide bonds. The maximum Gasteiger partial charge on any atom is 0.243 e. The fourth-order valence-corrected chi connectivity index (χ4v) is 3.13. The predicted octanol–water partition coefficient (Wildman–Crippen LogP) is 4.23. The third-order valence-corrected chi connectivity index (χ3v) is 4.41. The van der Waals surface area contributed by atoms with Gasteiger partial charge in [0, 0.05) is 15.5 Å². The second kappa shape index (κ2) is 5.73. The summed E-state index contributed by atoms with van der Waals surface area (Å²) in [7, 11) is 0. The van der Waals surface area contributed by atoms with E-state index in [-0.39, 0.29) is 16.9 Å². The summed E-state index contributed by atoms with van der Waals surface area (Å²) in [4.78, 5) is 7.77. The highest BCUT2D eigenvalue weighted by atomic mass is 35.5. The number of aromatic amines is 1. The average Bonchev–Trinajstić information content (AvgIpc) is 2.90. The second-order valence-electron chi connectivity index (χ2n) is 6.64. The van der Waals surface area contributed by atoms with Crippen molar-refractivity contribution in [2.45, 2.75) is 32.1 Å². The molecule has 24 heavy (non-hydrogen) atoms. The normalized spacial score (nSPS) is 17.2. The molecule has 1 atom stereocenters. The van der Waals surface area contributed by atoms with Crippen molar-refractivity contribution in [3.63, 3.8) is 0 Å². The van der Waals surface area contributed by atoms with Gasteiger partial charge in [-0.15, -0.1) is 0 Å². The van der Waals surface area contributed by atoms with Crippen LogP contribution in [0.4, 0.5) is 0 Å². The smallest absolute Gasteiger partial charge is 0.243 e. The lowest BCUT2D eigenvalue weighted by Gasteiger charge is -2.23. The fourth-order valence-electron chi connectivity index (χ4n) is 2.61. The van der Waals surface area contributed by atoms with Crippen molar-refractivity contribution >= 4 is 23.2 Å². The number of allylic oxidation sites excluding steroid dienone is 1. The Morgan fingerprint density at radius 2 is 2.04 bits per heavy atom. The summed E-state index contributed by atoms with van der Waals surface area (Å²) in [5, 5.41) is 10.5. The van der Waals surface area contributed by atoms with E-state index in [4.69, 9.17) is 33.7 Å². The Balaban J connectivity index is 2.23. The number of nitrogens with zero attached hydrogens (tertiary/aromatic N) is 2. The van der Waals surface area contributed by atoms with Crippen LogP contribution in [0.5, 0.6) is 5.88 Å². The van der Waals surface area contributed by atoms with Gasteiger partial charge in [0.2, 0.25) is 11.8 Å². The number of benzene rings is 1. The predicted molar refractivity (Wildman–Crippen MR) is 93.0 cm³/mol. The molecule has 3 N–H and O–H groups in total. The van der Waals surface area contributed by atoms with Crippen LogP contribution >= 0.6 is 23.2 Å². The van der Waals surface area contributed by atoms with Crippen LogP contribution in [0, 0.1) is 11.3 Å². The first-order chi connectivity index (χ1) is 11.2. The zero-order chi connectivity index (χ0) is 17.6. The highest BCUT2D eigenvalue weighted by molar-refractivity contribution is 6.35. The van der Waals surface area contributed by atoms with Crippen LogP contribution in [-0.4, -0.2) is 9.97 Å². The Hall–Kier alpha value is -2.16. The second-order valence-corrected chi connectivity index (χ2v) is 7.49. The van der Waals surface area contributed by atoms with Gasteiger partial charge in [0.1, 0.15) is 17.5 Å². The minimum Gasteiger partial charge on any atom is -0.420 e. The monoisotopic (exact) mass is 362 g/mol. The number of nitriles is 1. The third kappa shape index (κ3) is 2.72. The van der Waals surface area contributed by atoms with Gasteiger partial charge in [-0.05, 0) is 17.7 Å². The van der Waals surface area contributed by atoms with Crippen molar-refractivity contribution in [1.82, 2.24) is 9.97 Å². The van der Waals surface area contributed by atoms with Crippen LogP contribution in [0.1, 0.15) is 43.8 Å². The van der Waals surface area contributed by atoms with Crippen molar-refractivity contribution in [1.29, 1.82) is 5.26 Å². The van der Waals surface area contributed by atoms with Crippen molar-refractivity contribution in [2.24, 2.45) is 5.73 Å². The summed E-state index contributed by atoms with van der Waals surface area (Å²) in [6.45, 7) is 6.09. The molecule has 2 aromatic rings. The number of imidazole rings is 1. The van der Waals surface area contributed by atoms with E-state index in [9.17, 15) is 5.26 Å². The van der Waals surface area contributed by atoms with E-state index in [0.717, 1.165) is 5.82 Å². The Morgan fingerprint density at radius 3 is 2.62 bits per heavy atom. The first-order valence-electron chi connectivity index (χ1n) is 7.35. The van der Waals surface area contributed by atoms with Gasteiger partial charge in [0.05, 0.1) is 11.6 Å². The molecule has 7 heteroatoms. The number of nitrogens with two attached hydrogens (primary N) is 1. The lowest BCUT2D eigenvalue weighted by atomic mass is 9.87. The molecule has 3 rings (SSSR count). The van der Waals surface area contributed by atoms with Gasteiger partial charge in [0.15, 0.2) is 0 Å². The number of ether oxygens (including phenoxy) is 1. The van der Waals surface area contributed by atoms with Crippen LogP contribution in [0.25, 0.3) is 0 Å². The molecule has 0 fully saturated rings. The van der Waals surface area contributed by atoms with E-state index >= 15 is 0 Å². The minimum absolute atomic E-state index is 0.0352. The van der Waals surface area contributed by atoms with Crippen LogP contribution in [0.2, 0.25) is 10.0 Å². The van der Waals surface area contributed by atoms with Gasteiger partial charge in [-0.1, -0.05) is 50.0 Å². The number of hydrogen-bond donors (Lipinski definition) is 2. The zero-order valence-electron chi connectivity index (χ0n) is 13.4. The Bertz CT molecular complexity index is 887. The highest BCUT2D eigenvalue weighted by Crippen LogP contribution is 2.44. The molecular weight excluding hydrogens is 347 g/mol. The quantitative estimate of drug-likeness (QED) is 0.794. The standard InChI is InChI=1S/C17H16Cl2N4O/c1-17(2,3)16-22-13-12(9-5-4-8(18)6-11(9)19)10(7-20)14(21)24-15(13)23-16/h4-6,12H,21H2,1-3H3,(H,22,23). The maximum atomic E-state index is 9.56. The van der Waals surface area contributed by atoms with E-state index in [1.807, 2.05) is 20.8 Å². The molecule has 1 aromatic heterocycles. The van der Waals surface area contributed by atoms with E-state index in [1.165, 1.54) is 0 Å². The molecule has 1 aliphatic rings. The summed E-state index contributed by atoms with van der Waals surface area (Å²) < 4.78 is 5.55. The van der Waals surface area contributed by atoms with Crippen LogP contribution in [0.15, 0.2) is 29.7 Å². The van der Waals surface area contributed by atoms with E-state index in [0.29, 0.717) is 27.2 Å². The van der Waals surface area contributed by atoms with Gasteiger partial charge < -0.3 is 15.5 Å². The Kier molecular flexibility index (Phi) is 3.98. The topological polar surface area (TPSA) is 87.7 Å². The molecule has 1 aromatic carbocycles. The van der Waals surface area contributed by atoms with Crippen LogP contribution in [0.3, 0.4) is 0 Å². The number of H-pyrrole nitrogens is 1. The molecule has 124 valence electrons. The van der Waals surface area contributed by atoms with Gasteiger partial charge in [-0.3, -0.25) is 0 Å². The molecule has 0 spiro atoms. The maximum absolute atomic E-state index is 9.56. The molecule has 0 aliphatic carbocycles. The van der Waals surface area contributed by atoms with Gasteiger partial charge in [-0.25, -0.2) is 0 Å². The van der Waals surface area contributed by atoms with Crippen LogP contribution in [-0.2, 0) is 5.41 Å². The van der Waals surface area contributed by atoms with Crippen molar-refractivity contribution in [2.75, 3.05) is 0 Å².